The second kappa shape index (κ2) is 35.5. The van der Waals surface area contributed by atoms with Gasteiger partial charge in [-0.1, -0.05) is 41.1 Å². The van der Waals surface area contributed by atoms with Crippen LogP contribution in [0.3, 0.4) is 0 Å². The highest BCUT2D eigenvalue weighted by atomic mass is 35.5. The number of hydrogen-bond acceptors (Lipinski definition) is 17. The van der Waals surface area contributed by atoms with E-state index < -0.39 is 12.1 Å². The number of aryl methyl sites for hydroxylation is 2. The maximum Gasteiger partial charge on any atom is 0.325 e. The summed E-state index contributed by atoms with van der Waals surface area (Å²) in [5.74, 6) is 0.973. The molecule has 26 heteroatoms. The SMILES string of the molecule is CN(CCCCOc1ccc(CCC(=O)N(CCN2CCCC2=O)C(C(=O)NCc2ccc(Cl)cc2)c2cnn(C)c2)cc1)CCOCCOCCc1cn(CCOCCOc2ccc(NC(=O)Nc3nc(CC(=O)N4CCN(C)CC4)cs3)cc2)nn1. The fourth-order valence-electron chi connectivity index (χ4n) is 9.86. The van der Waals surface area contributed by atoms with Crippen LogP contribution >= 0.6 is 22.9 Å². The van der Waals surface area contributed by atoms with Gasteiger partial charge in [-0.05, 0) is 106 Å². The predicted molar refractivity (Wildman–Crippen MR) is 334 cm³/mol. The standard InChI is InChI=1S/C62H83ClN14O10S/c1-71(23-4-5-33-86-54-17-10-47(11-18-54)12-21-57(79)77(30-29-74-24-6-7-56(74)78)59(49-43-65-73(3)44-49)60(81)64-42-48-8-13-50(63)14-9-48)31-35-84-38-37-83-34-22-52-45-76(70-69-52)32-36-85-39-40-87-55-19-15-51(16-20-55)66-61(82)68-62-67-53(46-88-62)41-58(80)75-27-25-72(2)26-28-75/h8-11,13-20,43-46,59H,4-7,12,21-42H2,1-3H3,(H,64,81)(H2,66,67,68,82). The average molecular weight is 1250 g/mol. The van der Waals surface area contributed by atoms with Crippen molar-refractivity contribution in [3.8, 4) is 11.5 Å². The van der Waals surface area contributed by atoms with Crippen molar-refractivity contribution in [2.45, 2.75) is 70.5 Å². The fraction of sp³-hybridized carbons (Fsp3) is 0.500. The number of rotatable bonds is 37. The van der Waals surface area contributed by atoms with Crippen LogP contribution in [0.15, 0.2) is 96.8 Å². The van der Waals surface area contributed by atoms with Crippen LogP contribution in [0.4, 0.5) is 15.6 Å². The first-order chi connectivity index (χ1) is 42.8. The first kappa shape index (κ1) is 66.4. The van der Waals surface area contributed by atoms with E-state index in [1.54, 1.807) is 80.4 Å². The van der Waals surface area contributed by atoms with Crippen LogP contribution in [0.5, 0.6) is 11.5 Å². The maximum atomic E-state index is 14.2. The Hall–Kier alpha value is -7.52. The van der Waals surface area contributed by atoms with Crippen LogP contribution in [-0.4, -0.2) is 210 Å². The zero-order valence-electron chi connectivity index (χ0n) is 50.7. The summed E-state index contributed by atoms with van der Waals surface area (Å²) in [6.07, 6.45) is 9.86. The molecule has 88 heavy (non-hydrogen) atoms. The van der Waals surface area contributed by atoms with Gasteiger partial charge in [0.25, 0.3) is 0 Å². The summed E-state index contributed by atoms with van der Waals surface area (Å²) < 4.78 is 32.6. The number of piperazine rings is 1. The van der Waals surface area contributed by atoms with Crippen LogP contribution in [0.1, 0.15) is 66.2 Å². The first-order valence-corrected chi connectivity index (χ1v) is 31.4. The normalized spacial score (nSPS) is 13.9. The molecule has 3 aromatic heterocycles. The summed E-state index contributed by atoms with van der Waals surface area (Å²) >= 11 is 7.36. The van der Waals surface area contributed by atoms with E-state index in [0.29, 0.717) is 138 Å². The minimum absolute atomic E-state index is 0.0441. The van der Waals surface area contributed by atoms with Gasteiger partial charge in [-0.2, -0.15) is 5.10 Å². The van der Waals surface area contributed by atoms with Crippen molar-refractivity contribution in [2.75, 3.05) is 136 Å². The number of hydrogen-bond donors (Lipinski definition) is 3. The topological polar surface area (TPSA) is 245 Å². The Morgan fingerprint density at radius 2 is 1.44 bits per heavy atom. The molecular formula is C62H83ClN14O10S. The Bertz CT molecular complexity index is 3100. The Kier molecular flexibility index (Phi) is 26.8. The third-order valence-electron chi connectivity index (χ3n) is 14.9. The van der Waals surface area contributed by atoms with Crippen molar-refractivity contribution in [1.29, 1.82) is 0 Å². The second-order valence-electron chi connectivity index (χ2n) is 21.8. The smallest absolute Gasteiger partial charge is 0.325 e. The molecule has 2 aliphatic heterocycles. The number of benzene rings is 3. The number of anilines is 2. The molecule has 3 aromatic carbocycles. The van der Waals surface area contributed by atoms with Crippen molar-refractivity contribution in [3.05, 3.63) is 130 Å². The molecule has 3 N–H and O–H groups in total. The lowest BCUT2D eigenvalue weighted by atomic mass is 10.0. The molecule has 8 rings (SSSR count). The molecule has 6 aromatic rings. The predicted octanol–water partition coefficient (Wildman–Crippen LogP) is 5.99. The molecule has 5 heterocycles. The van der Waals surface area contributed by atoms with Crippen molar-refractivity contribution in [3.63, 3.8) is 0 Å². The van der Waals surface area contributed by atoms with Crippen molar-refractivity contribution in [1.82, 2.24) is 59.6 Å². The van der Waals surface area contributed by atoms with Gasteiger partial charge in [0, 0.05) is 119 Å². The first-order valence-electron chi connectivity index (χ1n) is 30.1. The molecule has 0 saturated carbocycles. The van der Waals surface area contributed by atoms with Crippen LogP contribution < -0.4 is 25.4 Å². The average Bonchev–Trinajstić information content (AvgIpc) is 4.19. The van der Waals surface area contributed by atoms with Gasteiger partial charge in [-0.15, -0.1) is 16.4 Å². The lowest BCUT2D eigenvalue weighted by Gasteiger charge is -2.32. The number of urea groups is 1. The molecule has 474 valence electrons. The maximum absolute atomic E-state index is 14.2. The number of ether oxygens (including phenoxy) is 5. The number of halogens is 1. The molecule has 2 saturated heterocycles. The van der Waals surface area contributed by atoms with E-state index in [0.717, 1.165) is 68.0 Å². The molecule has 0 bridgehead atoms. The molecule has 0 aliphatic carbocycles. The highest BCUT2D eigenvalue weighted by molar-refractivity contribution is 7.14. The van der Waals surface area contributed by atoms with E-state index in [2.05, 4.69) is 53.2 Å². The Morgan fingerprint density at radius 3 is 2.18 bits per heavy atom. The van der Waals surface area contributed by atoms with Crippen molar-refractivity contribution >= 4 is 63.4 Å². The summed E-state index contributed by atoms with van der Waals surface area (Å²) in [4.78, 5) is 80.1. The number of likely N-dealkylation sites (tertiary alicyclic amines) is 1. The monoisotopic (exact) mass is 1250 g/mol. The van der Waals surface area contributed by atoms with Crippen LogP contribution in [-0.2, 0) is 72.8 Å². The van der Waals surface area contributed by atoms with Gasteiger partial charge < -0.3 is 58.8 Å². The summed E-state index contributed by atoms with van der Waals surface area (Å²) in [5, 5.41) is 24.1. The Morgan fingerprint density at radius 1 is 0.727 bits per heavy atom. The summed E-state index contributed by atoms with van der Waals surface area (Å²) in [6.45, 7) is 10.7. The molecule has 24 nitrogen and oxygen atoms in total. The molecule has 2 fully saturated rings. The highest BCUT2D eigenvalue weighted by Gasteiger charge is 2.33. The van der Waals surface area contributed by atoms with E-state index in [1.807, 2.05) is 54.5 Å². The van der Waals surface area contributed by atoms with E-state index >= 15 is 0 Å². The third kappa shape index (κ3) is 22.6. The van der Waals surface area contributed by atoms with Gasteiger partial charge in [0.15, 0.2) is 5.13 Å². The summed E-state index contributed by atoms with van der Waals surface area (Å²) in [6, 6.07) is 20.7. The number of aromatic nitrogens is 6. The van der Waals surface area contributed by atoms with Crippen LogP contribution in [0.2, 0.25) is 5.02 Å². The zero-order valence-corrected chi connectivity index (χ0v) is 52.3. The molecular weight excluding hydrogens is 1170 g/mol. The highest BCUT2D eigenvalue weighted by Crippen LogP contribution is 2.25. The van der Waals surface area contributed by atoms with Gasteiger partial charge >= 0.3 is 6.03 Å². The van der Waals surface area contributed by atoms with Crippen LogP contribution in [0.25, 0.3) is 0 Å². The lowest BCUT2D eigenvalue weighted by molar-refractivity contribution is -0.141. The van der Waals surface area contributed by atoms with E-state index in [1.165, 1.54) is 11.3 Å². The fourth-order valence-corrected chi connectivity index (χ4v) is 10.7. The number of nitrogens with one attached hydrogen (secondary N) is 3. The quantitative estimate of drug-likeness (QED) is 0.0380. The van der Waals surface area contributed by atoms with Gasteiger partial charge in [-0.3, -0.25) is 29.2 Å². The van der Waals surface area contributed by atoms with Gasteiger partial charge in [0.1, 0.15) is 24.1 Å². The third-order valence-corrected chi connectivity index (χ3v) is 16.0. The number of unbranched alkanes of at least 4 members (excludes halogenated alkanes) is 1. The van der Waals surface area contributed by atoms with E-state index in [-0.39, 0.29) is 49.6 Å². The van der Waals surface area contributed by atoms with E-state index in [9.17, 15) is 24.0 Å². The molecule has 2 aliphatic rings. The second-order valence-corrected chi connectivity index (χ2v) is 23.1. The van der Waals surface area contributed by atoms with Gasteiger partial charge in [0.2, 0.25) is 23.6 Å². The van der Waals surface area contributed by atoms with Crippen molar-refractivity contribution < 1.29 is 47.7 Å². The number of carbonyl (C=O) groups is 5. The minimum Gasteiger partial charge on any atom is -0.494 e. The van der Waals surface area contributed by atoms with Gasteiger partial charge in [0.05, 0.1) is 76.8 Å². The summed E-state index contributed by atoms with van der Waals surface area (Å²) in [5.41, 5.74) is 4.49. The lowest BCUT2D eigenvalue weighted by Crippen LogP contribution is -2.47. The number of amides is 6. The molecule has 1 atom stereocenters. The number of nitrogens with zero attached hydrogens (tertiary/aromatic N) is 11. The van der Waals surface area contributed by atoms with Crippen molar-refractivity contribution in [2.24, 2.45) is 7.05 Å². The Labute approximate surface area is 523 Å². The Balaban J connectivity index is 0.616. The summed E-state index contributed by atoms with van der Waals surface area (Å²) in [7, 11) is 5.90. The molecule has 0 radical (unpaired) electrons. The molecule has 0 spiro atoms. The zero-order chi connectivity index (χ0) is 61.9. The molecule has 1 unspecified atom stereocenters. The number of carbonyl (C=O) groups excluding carboxylic acids is 5. The van der Waals surface area contributed by atoms with Gasteiger partial charge in [-0.25, -0.2) is 14.5 Å². The minimum atomic E-state index is -0.943. The number of likely N-dealkylation sites (N-methyl/N-ethyl adjacent to an activating group) is 2. The van der Waals surface area contributed by atoms with E-state index in [4.69, 9.17) is 35.3 Å². The molecule has 6 amide bonds. The van der Waals surface area contributed by atoms with Crippen LogP contribution in [0, 0.1) is 0 Å². The largest absolute Gasteiger partial charge is 0.494 e. The number of thiazole rings is 1.